The number of ketones is 1. The molecule has 16 heavy (non-hydrogen) atoms. The normalized spacial score (nSPS) is 11.5. The number of benzene rings is 1. The monoisotopic (exact) mass is 223 g/mol. The number of nitrogens with two attached hydrogens (primary N) is 1. The second-order valence-corrected chi connectivity index (χ2v) is 5.22. The first-order valence-electron chi connectivity index (χ1n) is 5.38. The summed E-state index contributed by atoms with van der Waals surface area (Å²) in [6.07, 6.45) is 1.23. The van der Waals surface area contributed by atoms with Gasteiger partial charge >= 0.3 is 0 Å². The highest BCUT2D eigenvalue weighted by molar-refractivity contribution is 5.96. The molecule has 88 valence electrons. The van der Waals surface area contributed by atoms with Crippen molar-refractivity contribution in [3.8, 4) is 0 Å². The van der Waals surface area contributed by atoms with E-state index in [0.717, 1.165) is 6.42 Å². The van der Waals surface area contributed by atoms with E-state index in [1.807, 2.05) is 0 Å². The third-order valence-electron chi connectivity index (χ3n) is 2.42. The smallest absolute Gasteiger partial charge is 0.163 e. The van der Waals surface area contributed by atoms with E-state index >= 15 is 0 Å². The third-order valence-corrected chi connectivity index (χ3v) is 2.42. The number of halogens is 1. The van der Waals surface area contributed by atoms with Crippen LogP contribution in [-0.4, -0.2) is 5.78 Å². The van der Waals surface area contributed by atoms with Gasteiger partial charge in [0.15, 0.2) is 5.78 Å². The van der Waals surface area contributed by atoms with Crippen molar-refractivity contribution < 1.29 is 9.18 Å². The Labute approximate surface area is 95.7 Å². The molecule has 0 fully saturated rings. The van der Waals surface area contributed by atoms with Crippen molar-refractivity contribution in [2.75, 3.05) is 5.73 Å². The predicted molar refractivity (Wildman–Crippen MR) is 63.8 cm³/mol. The van der Waals surface area contributed by atoms with Gasteiger partial charge in [-0.25, -0.2) is 4.39 Å². The lowest BCUT2D eigenvalue weighted by atomic mass is 9.88. The van der Waals surface area contributed by atoms with Gasteiger partial charge in [-0.1, -0.05) is 20.8 Å². The molecule has 3 heteroatoms. The van der Waals surface area contributed by atoms with Crippen molar-refractivity contribution in [2.45, 2.75) is 33.6 Å². The van der Waals surface area contributed by atoms with Crippen LogP contribution in [-0.2, 0) is 0 Å². The van der Waals surface area contributed by atoms with Crippen LogP contribution < -0.4 is 5.73 Å². The van der Waals surface area contributed by atoms with Crippen LogP contribution in [0.15, 0.2) is 18.2 Å². The molecule has 0 atom stereocenters. The van der Waals surface area contributed by atoms with Crippen LogP contribution in [0, 0.1) is 11.2 Å². The molecule has 0 aliphatic rings. The molecule has 0 saturated heterocycles. The molecule has 0 aliphatic heterocycles. The zero-order valence-corrected chi connectivity index (χ0v) is 10.0. The molecule has 0 spiro atoms. The maximum atomic E-state index is 13.1. The summed E-state index contributed by atoms with van der Waals surface area (Å²) in [4.78, 5) is 11.7. The second kappa shape index (κ2) is 4.64. The first-order valence-corrected chi connectivity index (χ1v) is 5.38. The number of Topliss-reactive ketones (excluding diaryl/α,β-unsaturated/α-hetero) is 1. The third kappa shape index (κ3) is 3.65. The van der Waals surface area contributed by atoms with E-state index in [1.54, 1.807) is 6.07 Å². The average Bonchev–Trinajstić information content (AvgIpc) is 2.17. The SMILES string of the molecule is CC(C)(C)CCC(=O)c1ccc(N)c(F)c1. The number of anilines is 1. The van der Waals surface area contributed by atoms with Crippen LogP contribution in [0.1, 0.15) is 44.0 Å². The molecule has 1 aromatic rings. The molecule has 1 aromatic carbocycles. The van der Waals surface area contributed by atoms with Crippen LogP contribution in [0.5, 0.6) is 0 Å². The summed E-state index contributed by atoms with van der Waals surface area (Å²) in [6, 6.07) is 4.21. The van der Waals surface area contributed by atoms with Gasteiger partial charge in [0, 0.05) is 12.0 Å². The van der Waals surface area contributed by atoms with Gasteiger partial charge in [-0.2, -0.15) is 0 Å². The number of hydrogen-bond donors (Lipinski definition) is 1. The molecular weight excluding hydrogens is 205 g/mol. The molecule has 0 aromatic heterocycles. The lowest BCUT2D eigenvalue weighted by Crippen LogP contribution is -2.09. The molecule has 0 unspecified atom stereocenters. The Morgan fingerprint density at radius 3 is 2.50 bits per heavy atom. The minimum atomic E-state index is -0.526. The van der Waals surface area contributed by atoms with E-state index in [2.05, 4.69) is 20.8 Å². The minimum absolute atomic E-state index is 0.0335. The Bertz CT molecular complexity index is 393. The summed E-state index contributed by atoms with van der Waals surface area (Å²) in [5, 5.41) is 0. The van der Waals surface area contributed by atoms with Crippen molar-refractivity contribution in [3.63, 3.8) is 0 Å². The summed E-state index contributed by atoms with van der Waals surface area (Å²) in [7, 11) is 0. The number of carbonyl (C=O) groups is 1. The fourth-order valence-electron chi connectivity index (χ4n) is 1.33. The molecule has 1 rings (SSSR count). The molecule has 0 heterocycles. The van der Waals surface area contributed by atoms with Crippen molar-refractivity contribution in [1.29, 1.82) is 0 Å². The molecule has 2 N–H and O–H groups in total. The van der Waals surface area contributed by atoms with Crippen LogP contribution in [0.4, 0.5) is 10.1 Å². The molecule has 0 aliphatic carbocycles. The van der Waals surface area contributed by atoms with Crippen molar-refractivity contribution in [1.82, 2.24) is 0 Å². The van der Waals surface area contributed by atoms with E-state index in [4.69, 9.17) is 5.73 Å². The number of carbonyl (C=O) groups excluding carboxylic acids is 1. The van der Waals surface area contributed by atoms with Gasteiger partial charge in [0.2, 0.25) is 0 Å². The molecule has 2 nitrogen and oxygen atoms in total. The Morgan fingerprint density at radius 2 is 2.00 bits per heavy atom. The summed E-state index contributed by atoms with van der Waals surface area (Å²) >= 11 is 0. The topological polar surface area (TPSA) is 43.1 Å². The van der Waals surface area contributed by atoms with E-state index < -0.39 is 5.82 Å². The van der Waals surface area contributed by atoms with Crippen molar-refractivity contribution in [2.24, 2.45) is 5.41 Å². The highest BCUT2D eigenvalue weighted by atomic mass is 19.1. The van der Waals surface area contributed by atoms with Gasteiger partial charge in [0.25, 0.3) is 0 Å². The number of hydrogen-bond acceptors (Lipinski definition) is 2. The molecule has 0 saturated carbocycles. The summed E-state index contributed by atoms with van der Waals surface area (Å²) in [6.45, 7) is 6.22. The summed E-state index contributed by atoms with van der Waals surface area (Å²) in [5.74, 6) is -0.560. The average molecular weight is 223 g/mol. The Balaban J connectivity index is 2.70. The van der Waals surface area contributed by atoms with Gasteiger partial charge in [-0.15, -0.1) is 0 Å². The Kier molecular flexibility index (Phi) is 3.68. The van der Waals surface area contributed by atoms with E-state index in [9.17, 15) is 9.18 Å². The lowest BCUT2D eigenvalue weighted by Gasteiger charge is -2.17. The first-order chi connectivity index (χ1) is 7.29. The van der Waals surface area contributed by atoms with Gasteiger partial charge in [0.05, 0.1) is 5.69 Å². The van der Waals surface area contributed by atoms with Crippen LogP contribution in [0.3, 0.4) is 0 Å². The lowest BCUT2D eigenvalue weighted by molar-refractivity contribution is 0.0965. The standard InChI is InChI=1S/C13H18FNO/c1-13(2,3)7-6-12(16)9-4-5-11(15)10(14)8-9/h4-5,8H,6-7,15H2,1-3H3. The minimum Gasteiger partial charge on any atom is -0.396 e. The fraction of sp³-hybridized carbons (Fsp3) is 0.462. The van der Waals surface area contributed by atoms with E-state index in [1.165, 1.54) is 12.1 Å². The van der Waals surface area contributed by atoms with Crippen LogP contribution in [0.25, 0.3) is 0 Å². The second-order valence-electron chi connectivity index (χ2n) is 5.22. The maximum Gasteiger partial charge on any atom is 0.163 e. The molecule has 0 amide bonds. The van der Waals surface area contributed by atoms with Gasteiger partial charge < -0.3 is 5.73 Å². The van der Waals surface area contributed by atoms with Crippen molar-refractivity contribution in [3.05, 3.63) is 29.6 Å². The quantitative estimate of drug-likeness (QED) is 0.630. The fourth-order valence-corrected chi connectivity index (χ4v) is 1.33. The molecular formula is C13H18FNO. The zero-order valence-electron chi connectivity index (χ0n) is 10.0. The van der Waals surface area contributed by atoms with Gasteiger partial charge in [-0.3, -0.25) is 4.79 Å². The van der Waals surface area contributed by atoms with Crippen molar-refractivity contribution >= 4 is 11.5 Å². The largest absolute Gasteiger partial charge is 0.396 e. The van der Waals surface area contributed by atoms with E-state index in [-0.39, 0.29) is 16.9 Å². The number of rotatable bonds is 3. The van der Waals surface area contributed by atoms with E-state index in [0.29, 0.717) is 12.0 Å². The zero-order chi connectivity index (χ0) is 12.3. The number of nitrogen functional groups attached to an aromatic ring is 1. The highest BCUT2D eigenvalue weighted by Gasteiger charge is 2.14. The molecule has 0 radical (unpaired) electrons. The highest BCUT2D eigenvalue weighted by Crippen LogP contribution is 2.22. The Hall–Kier alpha value is -1.38. The van der Waals surface area contributed by atoms with Gasteiger partial charge in [-0.05, 0) is 30.0 Å². The Morgan fingerprint density at radius 1 is 1.38 bits per heavy atom. The van der Waals surface area contributed by atoms with Gasteiger partial charge in [0.1, 0.15) is 5.82 Å². The maximum absolute atomic E-state index is 13.1. The summed E-state index contributed by atoms with van der Waals surface area (Å²) < 4.78 is 13.1. The molecule has 0 bridgehead atoms. The summed E-state index contributed by atoms with van der Waals surface area (Å²) in [5.41, 5.74) is 5.93. The van der Waals surface area contributed by atoms with Crippen LogP contribution in [0.2, 0.25) is 0 Å². The first kappa shape index (κ1) is 12.7. The predicted octanol–water partition coefficient (Wildman–Crippen LogP) is 3.42. The van der Waals surface area contributed by atoms with Crippen LogP contribution >= 0.6 is 0 Å².